The SMILES string of the molecule is CON(C)C(=O)[C@@H]1CCCCCCCOc2ccccc2C(=O)N1. The van der Waals surface area contributed by atoms with Crippen LogP contribution in [0.3, 0.4) is 0 Å². The average molecular weight is 334 g/mol. The lowest BCUT2D eigenvalue weighted by molar-refractivity contribution is -0.171. The van der Waals surface area contributed by atoms with E-state index < -0.39 is 6.04 Å². The number of nitrogens with zero attached hydrogens (tertiary/aromatic N) is 1. The standard InChI is InChI=1S/C18H26N2O4/c1-20(23-2)18(22)15-11-6-4-3-5-9-13-24-16-12-8-7-10-14(16)17(21)19-15/h7-8,10,12,15H,3-6,9,11,13H2,1-2H3,(H,19,21)/t15-/m0/s1. The molecule has 132 valence electrons. The summed E-state index contributed by atoms with van der Waals surface area (Å²) in [6.07, 6.45) is 5.66. The van der Waals surface area contributed by atoms with E-state index in [1.54, 1.807) is 25.2 Å². The van der Waals surface area contributed by atoms with Crippen LogP contribution in [0.5, 0.6) is 5.75 Å². The quantitative estimate of drug-likeness (QED) is 0.844. The number of ether oxygens (including phenoxy) is 1. The number of hydroxylamine groups is 2. The maximum atomic E-state index is 12.6. The van der Waals surface area contributed by atoms with Gasteiger partial charge < -0.3 is 10.1 Å². The molecule has 0 aromatic heterocycles. The molecule has 1 N–H and O–H groups in total. The molecule has 1 aliphatic rings. The zero-order valence-electron chi connectivity index (χ0n) is 14.4. The zero-order chi connectivity index (χ0) is 17.4. The molecule has 2 amide bonds. The van der Waals surface area contributed by atoms with Crippen molar-refractivity contribution in [2.75, 3.05) is 20.8 Å². The summed E-state index contributed by atoms with van der Waals surface area (Å²) in [6.45, 7) is 0.596. The van der Waals surface area contributed by atoms with E-state index in [1.165, 1.54) is 7.11 Å². The van der Waals surface area contributed by atoms with Gasteiger partial charge in [-0.05, 0) is 25.0 Å². The van der Waals surface area contributed by atoms with Crippen molar-refractivity contribution in [1.82, 2.24) is 10.4 Å². The summed E-state index contributed by atoms with van der Waals surface area (Å²) in [5.74, 6) is 0.00682. The van der Waals surface area contributed by atoms with E-state index in [9.17, 15) is 9.59 Å². The first-order chi connectivity index (χ1) is 11.6. The molecule has 6 nitrogen and oxygen atoms in total. The van der Waals surface area contributed by atoms with Crippen molar-refractivity contribution < 1.29 is 19.2 Å². The highest BCUT2D eigenvalue weighted by atomic mass is 16.7. The van der Waals surface area contributed by atoms with Crippen LogP contribution in [-0.2, 0) is 9.63 Å². The van der Waals surface area contributed by atoms with Crippen LogP contribution < -0.4 is 10.1 Å². The predicted molar refractivity (Wildman–Crippen MR) is 90.7 cm³/mol. The Labute approximate surface area is 143 Å². The van der Waals surface area contributed by atoms with E-state index >= 15 is 0 Å². The van der Waals surface area contributed by atoms with Gasteiger partial charge in [0.2, 0.25) is 0 Å². The highest BCUT2D eigenvalue weighted by Gasteiger charge is 2.25. The maximum absolute atomic E-state index is 12.6. The number of likely N-dealkylation sites (N-methyl/N-ethyl adjacent to an activating group) is 1. The summed E-state index contributed by atoms with van der Waals surface area (Å²) < 4.78 is 5.76. The number of fused-ring (bicyclic) bond motifs is 1. The highest BCUT2D eigenvalue weighted by Crippen LogP contribution is 2.20. The van der Waals surface area contributed by atoms with Gasteiger partial charge in [-0.15, -0.1) is 0 Å². The third-order valence-electron chi connectivity index (χ3n) is 4.21. The Balaban J connectivity index is 2.21. The lowest BCUT2D eigenvalue weighted by Crippen LogP contribution is -2.47. The van der Waals surface area contributed by atoms with Crippen molar-refractivity contribution in [1.29, 1.82) is 0 Å². The second kappa shape index (κ2) is 9.27. The van der Waals surface area contributed by atoms with Gasteiger partial charge in [-0.3, -0.25) is 14.4 Å². The summed E-state index contributed by atoms with van der Waals surface area (Å²) in [5.41, 5.74) is 0.453. The lowest BCUT2D eigenvalue weighted by Gasteiger charge is -2.23. The normalized spacial score (nSPS) is 19.6. The van der Waals surface area contributed by atoms with Crippen molar-refractivity contribution in [3.63, 3.8) is 0 Å². The molecule has 0 radical (unpaired) electrons. The number of carbonyl (C=O) groups excluding carboxylic acids is 2. The monoisotopic (exact) mass is 334 g/mol. The molecule has 1 heterocycles. The van der Waals surface area contributed by atoms with Gasteiger partial charge in [0.1, 0.15) is 11.8 Å². The maximum Gasteiger partial charge on any atom is 0.268 e. The number of hydrogen-bond donors (Lipinski definition) is 1. The van der Waals surface area contributed by atoms with Gasteiger partial charge in [0.25, 0.3) is 11.8 Å². The fraction of sp³-hybridized carbons (Fsp3) is 0.556. The molecule has 1 aliphatic heterocycles. The van der Waals surface area contributed by atoms with E-state index in [1.807, 2.05) is 6.07 Å². The number of benzene rings is 1. The van der Waals surface area contributed by atoms with Gasteiger partial charge >= 0.3 is 0 Å². The van der Waals surface area contributed by atoms with Gasteiger partial charge in [0, 0.05) is 7.05 Å². The highest BCUT2D eigenvalue weighted by molar-refractivity contribution is 5.99. The summed E-state index contributed by atoms with van der Waals surface area (Å²) in [6, 6.07) is 6.53. The van der Waals surface area contributed by atoms with Crippen LogP contribution in [0.4, 0.5) is 0 Å². The molecular weight excluding hydrogens is 308 g/mol. The number of para-hydroxylation sites is 1. The minimum absolute atomic E-state index is 0.251. The molecule has 1 aromatic rings. The number of nitrogens with one attached hydrogen (secondary N) is 1. The number of carbonyl (C=O) groups is 2. The molecule has 0 saturated carbocycles. The number of rotatable bonds is 2. The second-order valence-corrected chi connectivity index (χ2v) is 5.95. The lowest BCUT2D eigenvalue weighted by atomic mass is 10.0. The third-order valence-corrected chi connectivity index (χ3v) is 4.21. The first-order valence-corrected chi connectivity index (χ1v) is 8.48. The van der Waals surface area contributed by atoms with E-state index in [2.05, 4.69) is 5.32 Å². The Kier molecular flexibility index (Phi) is 7.06. The molecule has 2 rings (SSSR count). The molecule has 24 heavy (non-hydrogen) atoms. The molecule has 6 heteroatoms. The topological polar surface area (TPSA) is 67.9 Å². The van der Waals surface area contributed by atoms with E-state index in [-0.39, 0.29) is 11.8 Å². The smallest absolute Gasteiger partial charge is 0.268 e. The van der Waals surface area contributed by atoms with Crippen molar-refractivity contribution in [3.8, 4) is 5.75 Å². The van der Waals surface area contributed by atoms with Gasteiger partial charge in [-0.25, -0.2) is 5.06 Å². The predicted octanol–water partition coefficient (Wildman–Crippen LogP) is 2.54. The van der Waals surface area contributed by atoms with E-state index in [0.29, 0.717) is 24.3 Å². The molecule has 0 spiro atoms. The first kappa shape index (κ1) is 18.3. The molecule has 0 saturated heterocycles. The minimum Gasteiger partial charge on any atom is -0.493 e. The van der Waals surface area contributed by atoms with Crippen LogP contribution in [0.2, 0.25) is 0 Å². The Morgan fingerprint density at radius 3 is 2.71 bits per heavy atom. The summed E-state index contributed by atoms with van der Waals surface area (Å²) in [4.78, 5) is 30.0. The number of amides is 2. The van der Waals surface area contributed by atoms with Gasteiger partial charge in [-0.1, -0.05) is 37.8 Å². The van der Waals surface area contributed by atoms with Crippen molar-refractivity contribution >= 4 is 11.8 Å². The summed E-state index contributed by atoms with van der Waals surface area (Å²) in [7, 11) is 2.98. The van der Waals surface area contributed by atoms with Crippen LogP contribution in [0.15, 0.2) is 24.3 Å². The first-order valence-electron chi connectivity index (χ1n) is 8.48. The Morgan fingerprint density at radius 2 is 1.92 bits per heavy atom. The van der Waals surface area contributed by atoms with Crippen LogP contribution in [0, 0.1) is 0 Å². The molecule has 1 aromatic carbocycles. The largest absolute Gasteiger partial charge is 0.493 e. The van der Waals surface area contributed by atoms with Crippen molar-refractivity contribution in [2.45, 2.75) is 44.6 Å². The fourth-order valence-corrected chi connectivity index (χ4v) is 2.75. The second-order valence-electron chi connectivity index (χ2n) is 5.95. The van der Waals surface area contributed by atoms with Crippen LogP contribution in [0.1, 0.15) is 48.9 Å². The summed E-state index contributed by atoms with van der Waals surface area (Å²) >= 11 is 0. The van der Waals surface area contributed by atoms with Crippen LogP contribution >= 0.6 is 0 Å². The minimum atomic E-state index is -0.601. The molecular formula is C18H26N2O4. The van der Waals surface area contributed by atoms with Crippen LogP contribution in [-0.4, -0.2) is 43.7 Å². The Hall–Kier alpha value is -2.08. The van der Waals surface area contributed by atoms with Crippen molar-refractivity contribution in [3.05, 3.63) is 29.8 Å². The third kappa shape index (κ3) is 4.96. The van der Waals surface area contributed by atoms with Gasteiger partial charge in [0.05, 0.1) is 19.3 Å². The van der Waals surface area contributed by atoms with Crippen molar-refractivity contribution in [2.24, 2.45) is 0 Å². The Morgan fingerprint density at radius 1 is 1.21 bits per heavy atom. The number of hydrogen-bond acceptors (Lipinski definition) is 4. The molecule has 0 fully saturated rings. The zero-order valence-corrected chi connectivity index (χ0v) is 14.4. The fourth-order valence-electron chi connectivity index (χ4n) is 2.75. The molecule has 0 aliphatic carbocycles. The van der Waals surface area contributed by atoms with Gasteiger partial charge in [0.15, 0.2) is 0 Å². The molecule has 0 bridgehead atoms. The summed E-state index contributed by atoms with van der Waals surface area (Å²) in [5, 5.41) is 3.99. The van der Waals surface area contributed by atoms with Crippen LogP contribution in [0.25, 0.3) is 0 Å². The van der Waals surface area contributed by atoms with E-state index in [4.69, 9.17) is 9.57 Å². The Bertz CT molecular complexity index is 562. The molecule has 1 atom stereocenters. The van der Waals surface area contributed by atoms with E-state index in [0.717, 1.165) is 37.2 Å². The molecule has 0 unspecified atom stereocenters. The average Bonchev–Trinajstić information content (AvgIpc) is 2.62. The van der Waals surface area contributed by atoms with Gasteiger partial charge in [-0.2, -0.15) is 0 Å².